The van der Waals surface area contributed by atoms with Gasteiger partial charge in [-0.3, -0.25) is 24.0 Å². The van der Waals surface area contributed by atoms with Crippen molar-refractivity contribution in [1.29, 1.82) is 0 Å². The van der Waals surface area contributed by atoms with E-state index in [1.807, 2.05) is 0 Å². The van der Waals surface area contributed by atoms with Crippen LogP contribution in [0.1, 0.15) is 27.7 Å². The van der Waals surface area contributed by atoms with Gasteiger partial charge in [0, 0.05) is 45.4 Å². The third-order valence-electron chi connectivity index (χ3n) is 4.32. The first-order chi connectivity index (χ1) is 16.5. The summed E-state index contributed by atoms with van der Waals surface area (Å²) in [6.07, 6.45) is 0. The van der Waals surface area contributed by atoms with Crippen LogP contribution in [0.3, 0.4) is 0 Å². The molecule has 35 heavy (non-hydrogen) atoms. The Balaban J connectivity index is 2.32. The minimum atomic E-state index is -0.721. The fourth-order valence-electron chi connectivity index (χ4n) is 3.20. The number of fused-ring (bicyclic) bond motifs is 1. The fourth-order valence-corrected chi connectivity index (χ4v) is 3.20. The van der Waals surface area contributed by atoms with Gasteiger partial charge in [0.25, 0.3) is 0 Å². The van der Waals surface area contributed by atoms with Crippen LogP contribution in [0, 0.1) is 0 Å². The highest BCUT2D eigenvalue weighted by atomic mass is 16.6. The minimum absolute atomic E-state index is 0.0344. The van der Waals surface area contributed by atoms with Crippen molar-refractivity contribution >= 4 is 34.8 Å². The third kappa shape index (κ3) is 5.64. The van der Waals surface area contributed by atoms with Gasteiger partial charge in [0.15, 0.2) is 17.3 Å². The van der Waals surface area contributed by atoms with E-state index >= 15 is 0 Å². The monoisotopic (exact) mass is 484 g/mol. The zero-order valence-corrected chi connectivity index (χ0v) is 19.4. The second kappa shape index (κ2) is 10.1. The molecule has 0 fully saturated rings. The lowest BCUT2D eigenvalue weighted by Crippen LogP contribution is -2.12. The van der Waals surface area contributed by atoms with E-state index in [4.69, 9.17) is 28.1 Å². The van der Waals surface area contributed by atoms with Crippen molar-refractivity contribution in [2.75, 3.05) is 7.11 Å². The quantitative estimate of drug-likeness (QED) is 0.376. The summed E-state index contributed by atoms with van der Waals surface area (Å²) in [4.78, 5) is 59.3. The highest BCUT2D eigenvalue weighted by Crippen LogP contribution is 2.39. The molecule has 0 aliphatic heterocycles. The molecule has 2 aromatic carbocycles. The largest absolute Gasteiger partial charge is 0.490 e. The maximum Gasteiger partial charge on any atom is 0.308 e. The topological polar surface area (TPSA) is 145 Å². The number of hydrogen-bond donors (Lipinski definition) is 0. The first-order valence-electron chi connectivity index (χ1n) is 10.1. The number of carbonyl (C=O) groups excluding carboxylic acids is 4. The summed E-state index contributed by atoms with van der Waals surface area (Å²) in [5, 5.41) is -0.131. The summed E-state index contributed by atoms with van der Waals surface area (Å²) in [7, 11) is 1.24. The molecule has 182 valence electrons. The maximum absolute atomic E-state index is 13.3. The Bertz CT molecular complexity index is 1420. The Morgan fingerprint density at radius 3 is 1.86 bits per heavy atom. The average Bonchev–Trinajstić information content (AvgIpc) is 2.73. The molecule has 3 rings (SSSR count). The van der Waals surface area contributed by atoms with Crippen molar-refractivity contribution in [2.45, 2.75) is 27.7 Å². The molecular formula is C24H20O11. The normalized spacial score (nSPS) is 10.4. The average molecular weight is 484 g/mol. The summed E-state index contributed by atoms with van der Waals surface area (Å²) >= 11 is 0. The molecule has 0 saturated carbocycles. The number of ether oxygens (including phenoxy) is 5. The number of hydrogen-bond acceptors (Lipinski definition) is 11. The lowest BCUT2D eigenvalue weighted by atomic mass is 10.1. The van der Waals surface area contributed by atoms with Gasteiger partial charge in [0.05, 0.1) is 7.11 Å². The van der Waals surface area contributed by atoms with Crippen LogP contribution in [-0.2, 0) is 19.2 Å². The van der Waals surface area contributed by atoms with Crippen LogP contribution in [0.2, 0.25) is 0 Å². The van der Waals surface area contributed by atoms with Gasteiger partial charge in [-0.2, -0.15) is 0 Å². The molecule has 0 saturated heterocycles. The first-order valence-corrected chi connectivity index (χ1v) is 10.1. The highest BCUT2D eigenvalue weighted by Gasteiger charge is 2.23. The lowest BCUT2D eigenvalue weighted by Gasteiger charge is -2.14. The molecular weight excluding hydrogens is 464 g/mol. The van der Waals surface area contributed by atoms with Gasteiger partial charge in [0.1, 0.15) is 22.5 Å². The zero-order valence-electron chi connectivity index (χ0n) is 19.4. The van der Waals surface area contributed by atoms with Crippen molar-refractivity contribution in [3.8, 4) is 40.1 Å². The fraction of sp³-hybridized carbons (Fsp3) is 0.208. The van der Waals surface area contributed by atoms with Gasteiger partial charge in [-0.25, -0.2) is 0 Å². The Morgan fingerprint density at radius 2 is 1.29 bits per heavy atom. The first kappa shape index (κ1) is 25.0. The molecule has 0 radical (unpaired) electrons. The van der Waals surface area contributed by atoms with E-state index in [0.717, 1.165) is 13.8 Å². The Labute approximate surface area is 198 Å². The predicted molar refractivity (Wildman–Crippen MR) is 120 cm³/mol. The SMILES string of the molecule is COc1c(-c2ccc(OC(C)=O)c(OC(C)=O)c2)oc2cc(OC(C)=O)cc(OC(C)=O)c2c1=O. The van der Waals surface area contributed by atoms with E-state index in [-0.39, 0.29) is 51.0 Å². The van der Waals surface area contributed by atoms with E-state index in [9.17, 15) is 24.0 Å². The summed E-state index contributed by atoms with van der Waals surface area (Å²) in [5.74, 6) is -3.40. The van der Waals surface area contributed by atoms with E-state index in [2.05, 4.69) is 0 Å². The third-order valence-corrected chi connectivity index (χ3v) is 4.32. The molecule has 0 aliphatic carbocycles. The molecule has 3 aromatic rings. The van der Waals surface area contributed by atoms with Crippen LogP contribution in [0.15, 0.2) is 39.5 Å². The highest BCUT2D eigenvalue weighted by molar-refractivity contribution is 5.91. The standard InChI is InChI=1S/C24H20O11/c1-11(25)31-16-9-19(34-14(4)28)21-20(10-16)35-23(24(30-5)22(21)29)15-6-7-17(32-12(2)26)18(8-15)33-13(3)27/h6-10H,1-5H3. The molecule has 0 amide bonds. The van der Waals surface area contributed by atoms with Gasteiger partial charge in [0.2, 0.25) is 11.2 Å². The molecule has 0 atom stereocenters. The van der Waals surface area contributed by atoms with Gasteiger partial charge in [-0.05, 0) is 18.2 Å². The molecule has 1 heterocycles. The van der Waals surface area contributed by atoms with E-state index in [1.54, 1.807) is 0 Å². The van der Waals surface area contributed by atoms with Crippen LogP contribution in [0.25, 0.3) is 22.3 Å². The van der Waals surface area contributed by atoms with Crippen molar-refractivity contribution < 1.29 is 47.3 Å². The van der Waals surface area contributed by atoms with Crippen molar-refractivity contribution in [3.05, 3.63) is 40.6 Å². The van der Waals surface area contributed by atoms with Crippen molar-refractivity contribution in [2.24, 2.45) is 0 Å². The Hall–Kier alpha value is -4.67. The predicted octanol–water partition coefficient (Wildman–Crippen LogP) is 3.17. The van der Waals surface area contributed by atoms with Crippen LogP contribution < -0.4 is 29.1 Å². The molecule has 0 spiro atoms. The molecule has 11 heteroatoms. The smallest absolute Gasteiger partial charge is 0.308 e. The Kier molecular flexibility index (Phi) is 7.19. The van der Waals surface area contributed by atoms with Crippen molar-refractivity contribution in [1.82, 2.24) is 0 Å². The molecule has 1 aromatic heterocycles. The molecule has 0 unspecified atom stereocenters. The summed E-state index contributed by atoms with van der Waals surface area (Å²) in [6.45, 7) is 4.65. The number of esters is 4. The Morgan fingerprint density at radius 1 is 0.714 bits per heavy atom. The molecule has 0 N–H and O–H groups in total. The number of benzene rings is 2. The van der Waals surface area contributed by atoms with Crippen LogP contribution in [-0.4, -0.2) is 31.0 Å². The second-order valence-corrected chi connectivity index (χ2v) is 7.12. The van der Waals surface area contributed by atoms with E-state index in [1.165, 1.54) is 51.3 Å². The number of methoxy groups -OCH3 is 1. The van der Waals surface area contributed by atoms with Crippen LogP contribution >= 0.6 is 0 Å². The number of carbonyl (C=O) groups is 4. The summed E-state index contributed by atoms with van der Waals surface area (Å²) in [6, 6.07) is 6.58. The van der Waals surface area contributed by atoms with Crippen LogP contribution in [0.4, 0.5) is 0 Å². The summed E-state index contributed by atoms with van der Waals surface area (Å²) in [5.41, 5.74) is -0.550. The van der Waals surface area contributed by atoms with Gasteiger partial charge in [-0.1, -0.05) is 0 Å². The second-order valence-electron chi connectivity index (χ2n) is 7.12. The van der Waals surface area contributed by atoms with Crippen molar-refractivity contribution in [3.63, 3.8) is 0 Å². The van der Waals surface area contributed by atoms with E-state index in [0.29, 0.717) is 0 Å². The summed E-state index contributed by atoms with van der Waals surface area (Å²) < 4.78 is 31.6. The number of rotatable bonds is 6. The minimum Gasteiger partial charge on any atom is -0.490 e. The van der Waals surface area contributed by atoms with Gasteiger partial charge < -0.3 is 28.1 Å². The molecule has 0 bridgehead atoms. The van der Waals surface area contributed by atoms with Gasteiger partial charge >= 0.3 is 23.9 Å². The maximum atomic E-state index is 13.3. The zero-order chi connectivity index (χ0) is 25.9. The van der Waals surface area contributed by atoms with Crippen LogP contribution in [0.5, 0.6) is 28.7 Å². The van der Waals surface area contributed by atoms with E-state index < -0.39 is 29.3 Å². The molecule has 11 nitrogen and oxygen atoms in total. The van der Waals surface area contributed by atoms with Gasteiger partial charge in [-0.15, -0.1) is 0 Å². The molecule has 0 aliphatic rings. The lowest BCUT2D eigenvalue weighted by molar-refractivity contribution is -0.134.